The lowest BCUT2D eigenvalue weighted by atomic mass is 9.97. The average molecular weight is 460 g/mol. The minimum Gasteiger partial charge on any atom is -0.392 e. The summed E-state index contributed by atoms with van der Waals surface area (Å²) in [6.45, 7) is 4.34. The maximum Gasteiger partial charge on any atom is 0.227 e. The van der Waals surface area contributed by atoms with Gasteiger partial charge in [0.2, 0.25) is 15.9 Å². The lowest BCUT2D eigenvalue weighted by Crippen LogP contribution is -2.39. The Hall–Kier alpha value is -2.26. The fourth-order valence-electron chi connectivity index (χ4n) is 3.96. The molecule has 2 aromatic rings. The number of sulfonamides is 1. The molecule has 0 spiro atoms. The maximum atomic E-state index is 13.1. The van der Waals surface area contributed by atoms with E-state index in [4.69, 9.17) is 0 Å². The smallest absolute Gasteiger partial charge is 0.227 e. The van der Waals surface area contributed by atoms with Crippen LogP contribution in [0.15, 0.2) is 54.6 Å². The fourth-order valence-corrected chi connectivity index (χ4v) is 4.43. The molecule has 0 saturated carbocycles. The summed E-state index contributed by atoms with van der Waals surface area (Å²) in [6, 6.07) is 17.5. The van der Waals surface area contributed by atoms with Crippen LogP contribution in [0.3, 0.4) is 0 Å². The maximum absolute atomic E-state index is 13.1. The number of aliphatic hydroxyl groups excluding tert-OH is 1. The van der Waals surface area contributed by atoms with Gasteiger partial charge in [0.15, 0.2) is 0 Å². The molecule has 1 fully saturated rings. The zero-order valence-corrected chi connectivity index (χ0v) is 19.5. The third-order valence-corrected chi connectivity index (χ3v) is 6.59. The monoisotopic (exact) mass is 459 g/mol. The number of nitrogens with zero attached hydrogens (tertiary/aromatic N) is 1. The van der Waals surface area contributed by atoms with E-state index in [-0.39, 0.29) is 24.0 Å². The van der Waals surface area contributed by atoms with Crippen molar-refractivity contribution in [1.29, 1.82) is 0 Å². The normalized spacial score (nSPS) is 18.9. The number of aliphatic hydroxyl groups is 1. The Morgan fingerprint density at radius 3 is 2.41 bits per heavy atom. The summed E-state index contributed by atoms with van der Waals surface area (Å²) in [7, 11) is -3.19. The standard InChI is InChI=1S/C24H33N3O4S/c1-18(20-10-8-19(9-11-20)12-14-25-32(2,30)31)24(29)26-23(21-6-4-3-5-7-21)17-27-15-13-22(28)16-27/h3-11,18,22-23,25,28H,12-17H2,1-2H3,(H,26,29). The van der Waals surface area contributed by atoms with Gasteiger partial charge < -0.3 is 10.4 Å². The van der Waals surface area contributed by atoms with Crippen molar-refractivity contribution in [2.75, 3.05) is 32.4 Å². The van der Waals surface area contributed by atoms with Gasteiger partial charge in [-0.15, -0.1) is 0 Å². The Labute approximate surface area is 190 Å². The van der Waals surface area contributed by atoms with E-state index in [0.29, 0.717) is 26.1 Å². The van der Waals surface area contributed by atoms with Crippen LogP contribution >= 0.6 is 0 Å². The van der Waals surface area contributed by atoms with Crippen LogP contribution in [0, 0.1) is 0 Å². The van der Waals surface area contributed by atoms with Gasteiger partial charge in [0.25, 0.3) is 0 Å². The molecule has 7 nitrogen and oxygen atoms in total. The van der Waals surface area contributed by atoms with Crippen LogP contribution in [0.2, 0.25) is 0 Å². The highest BCUT2D eigenvalue weighted by molar-refractivity contribution is 7.88. The van der Waals surface area contributed by atoms with Gasteiger partial charge in [-0.1, -0.05) is 54.6 Å². The lowest BCUT2D eigenvalue weighted by molar-refractivity contribution is -0.123. The van der Waals surface area contributed by atoms with Crippen LogP contribution in [0.1, 0.15) is 42.0 Å². The van der Waals surface area contributed by atoms with Crippen molar-refractivity contribution in [3.63, 3.8) is 0 Å². The van der Waals surface area contributed by atoms with Crippen molar-refractivity contribution < 1.29 is 18.3 Å². The number of carbonyl (C=O) groups excluding carboxylic acids is 1. The van der Waals surface area contributed by atoms with E-state index in [1.54, 1.807) is 0 Å². The highest BCUT2D eigenvalue weighted by atomic mass is 32.2. The molecule has 0 aromatic heterocycles. The fraction of sp³-hybridized carbons (Fsp3) is 0.458. The van der Waals surface area contributed by atoms with Crippen LogP contribution in [-0.4, -0.2) is 62.9 Å². The molecular formula is C24H33N3O4S. The summed E-state index contributed by atoms with van der Waals surface area (Å²) in [5.41, 5.74) is 2.96. The van der Waals surface area contributed by atoms with Crippen LogP contribution in [0.5, 0.6) is 0 Å². The molecule has 1 amide bonds. The molecule has 174 valence electrons. The molecule has 1 heterocycles. The topological polar surface area (TPSA) is 98.7 Å². The Kier molecular flexibility index (Phi) is 8.42. The SMILES string of the molecule is CC(C(=O)NC(CN1CCC(O)C1)c1ccccc1)c1ccc(CCNS(C)(=O)=O)cc1. The van der Waals surface area contributed by atoms with Crippen LogP contribution < -0.4 is 10.0 Å². The number of amides is 1. The second-order valence-electron chi connectivity index (χ2n) is 8.55. The molecule has 3 atom stereocenters. The molecule has 0 radical (unpaired) electrons. The van der Waals surface area contributed by atoms with Gasteiger partial charge in [0.05, 0.1) is 24.3 Å². The van der Waals surface area contributed by atoms with Crippen molar-refractivity contribution in [2.45, 2.75) is 37.8 Å². The Morgan fingerprint density at radius 2 is 1.81 bits per heavy atom. The highest BCUT2D eigenvalue weighted by Gasteiger charge is 2.26. The molecule has 0 bridgehead atoms. The first-order valence-corrected chi connectivity index (χ1v) is 12.9. The largest absolute Gasteiger partial charge is 0.392 e. The van der Waals surface area contributed by atoms with Crippen molar-refractivity contribution in [3.05, 3.63) is 71.3 Å². The number of carbonyl (C=O) groups is 1. The van der Waals surface area contributed by atoms with Crippen molar-refractivity contribution >= 4 is 15.9 Å². The molecule has 0 aliphatic carbocycles. The summed E-state index contributed by atoms with van der Waals surface area (Å²) in [6.07, 6.45) is 2.20. The molecule has 3 unspecified atom stereocenters. The third kappa shape index (κ3) is 7.41. The number of hydrogen-bond acceptors (Lipinski definition) is 5. The first-order chi connectivity index (χ1) is 15.2. The molecule has 1 saturated heterocycles. The average Bonchev–Trinajstić information content (AvgIpc) is 3.17. The van der Waals surface area contributed by atoms with Gasteiger partial charge in [-0.2, -0.15) is 0 Å². The van der Waals surface area contributed by atoms with Gasteiger partial charge in [-0.05, 0) is 36.5 Å². The lowest BCUT2D eigenvalue weighted by Gasteiger charge is -2.26. The van der Waals surface area contributed by atoms with Crippen molar-refractivity contribution in [1.82, 2.24) is 14.9 Å². The number of rotatable bonds is 10. The van der Waals surface area contributed by atoms with Crippen LogP contribution in [0.4, 0.5) is 0 Å². The van der Waals surface area contributed by atoms with E-state index in [1.807, 2.05) is 61.5 Å². The van der Waals surface area contributed by atoms with Gasteiger partial charge in [0, 0.05) is 26.2 Å². The minimum absolute atomic E-state index is 0.0508. The molecule has 3 rings (SSSR count). The highest BCUT2D eigenvalue weighted by Crippen LogP contribution is 2.21. The minimum atomic E-state index is -3.19. The second-order valence-corrected chi connectivity index (χ2v) is 10.4. The summed E-state index contributed by atoms with van der Waals surface area (Å²) in [5, 5.41) is 13.1. The number of benzene rings is 2. The number of β-amino-alcohol motifs (C(OH)–C–C–N with tert-alkyl or cyclic N) is 1. The van der Waals surface area contributed by atoms with E-state index in [9.17, 15) is 18.3 Å². The zero-order chi connectivity index (χ0) is 23.1. The second kappa shape index (κ2) is 11.0. The molecule has 1 aliphatic rings. The Bertz CT molecular complexity index is 980. The molecule has 1 aliphatic heterocycles. The van der Waals surface area contributed by atoms with Gasteiger partial charge in [-0.25, -0.2) is 13.1 Å². The number of nitrogens with one attached hydrogen (secondary N) is 2. The molecule has 32 heavy (non-hydrogen) atoms. The first-order valence-electron chi connectivity index (χ1n) is 11.0. The molecule has 2 aromatic carbocycles. The predicted molar refractivity (Wildman–Crippen MR) is 126 cm³/mol. The summed E-state index contributed by atoms with van der Waals surface area (Å²) >= 11 is 0. The van der Waals surface area contributed by atoms with E-state index in [2.05, 4.69) is 14.9 Å². The summed E-state index contributed by atoms with van der Waals surface area (Å²) in [4.78, 5) is 15.3. The Morgan fingerprint density at radius 1 is 1.12 bits per heavy atom. The van der Waals surface area contributed by atoms with Crippen LogP contribution in [-0.2, 0) is 21.2 Å². The summed E-state index contributed by atoms with van der Waals surface area (Å²) < 4.78 is 24.9. The summed E-state index contributed by atoms with van der Waals surface area (Å²) in [5.74, 6) is -0.376. The Balaban J connectivity index is 1.62. The third-order valence-electron chi connectivity index (χ3n) is 5.86. The van der Waals surface area contributed by atoms with Crippen molar-refractivity contribution in [2.24, 2.45) is 0 Å². The van der Waals surface area contributed by atoms with Gasteiger partial charge in [0.1, 0.15) is 0 Å². The molecular weight excluding hydrogens is 426 g/mol. The van der Waals surface area contributed by atoms with E-state index in [1.165, 1.54) is 0 Å². The molecule has 3 N–H and O–H groups in total. The first kappa shape index (κ1) is 24.4. The molecule has 8 heteroatoms. The van der Waals surface area contributed by atoms with Crippen molar-refractivity contribution in [3.8, 4) is 0 Å². The number of likely N-dealkylation sites (tertiary alicyclic amines) is 1. The van der Waals surface area contributed by atoms with E-state index < -0.39 is 10.0 Å². The van der Waals surface area contributed by atoms with Crippen LogP contribution in [0.25, 0.3) is 0 Å². The number of hydrogen-bond donors (Lipinski definition) is 3. The quantitative estimate of drug-likeness (QED) is 0.503. The van der Waals surface area contributed by atoms with Gasteiger partial charge in [-0.3, -0.25) is 9.69 Å². The van der Waals surface area contributed by atoms with E-state index >= 15 is 0 Å². The zero-order valence-electron chi connectivity index (χ0n) is 18.7. The van der Waals surface area contributed by atoms with Gasteiger partial charge >= 0.3 is 0 Å². The van der Waals surface area contributed by atoms with E-state index in [0.717, 1.165) is 35.9 Å². The predicted octanol–water partition coefficient (Wildman–Crippen LogP) is 1.81.